The second kappa shape index (κ2) is 9.50. The third kappa shape index (κ3) is 4.53. The molecule has 0 heterocycles. The lowest BCUT2D eigenvalue weighted by molar-refractivity contribution is -0.191. The predicted octanol–water partition coefficient (Wildman–Crippen LogP) is 6.88. The van der Waals surface area contributed by atoms with E-state index >= 15 is 0 Å². The van der Waals surface area contributed by atoms with Crippen LogP contribution in [0.2, 0.25) is 0 Å². The van der Waals surface area contributed by atoms with Gasteiger partial charge in [-0.3, -0.25) is 0 Å². The minimum atomic E-state index is -5.28. The summed E-state index contributed by atoms with van der Waals surface area (Å²) < 4.78 is 166. The Morgan fingerprint density at radius 2 is 0.735 bits per heavy atom. The van der Waals surface area contributed by atoms with Crippen molar-refractivity contribution in [2.45, 2.75) is 11.8 Å². The van der Waals surface area contributed by atoms with Gasteiger partial charge in [-0.25, -0.2) is 35.1 Å². The van der Waals surface area contributed by atoms with Crippen LogP contribution in [0.4, 0.5) is 64.1 Å². The summed E-state index contributed by atoms with van der Waals surface area (Å²) in [7, 11) is 0. The summed E-state index contributed by atoms with van der Waals surface area (Å²) >= 11 is 0. The van der Waals surface area contributed by atoms with Crippen molar-refractivity contribution in [3.63, 3.8) is 0 Å². The highest BCUT2D eigenvalue weighted by atomic mass is 19.3. The number of benzene rings is 2. The fraction of sp³-hybridized carbons (Fsp3) is 0.200. The van der Waals surface area contributed by atoms with Crippen molar-refractivity contribution in [1.82, 2.24) is 0 Å². The van der Waals surface area contributed by atoms with E-state index in [0.29, 0.717) is 12.2 Å². The Kier molecular flexibility index (Phi) is 7.53. The number of halogens is 12. The first-order valence-corrected chi connectivity index (χ1v) is 8.83. The maximum Gasteiger partial charge on any atom is 0.328 e. The molecule has 0 amide bonds. The standard InChI is InChI=1S/C20H12F12N2/c1-3-7-9(21)13(25)17(14(26)10(7)22)33-5-19(29,30)20(31,32)6-34-18-15(27)11(23)8(4-2)12(24)16(18)28/h3-4,33-34H,1-2,5-6H2. The molecule has 2 aromatic rings. The number of hydrogen-bond donors (Lipinski definition) is 2. The van der Waals surface area contributed by atoms with E-state index in [0.717, 1.165) is 10.6 Å². The van der Waals surface area contributed by atoms with Crippen molar-refractivity contribution < 1.29 is 52.7 Å². The van der Waals surface area contributed by atoms with E-state index in [-0.39, 0.29) is 0 Å². The van der Waals surface area contributed by atoms with Crippen LogP contribution in [0.15, 0.2) is 13.2 Å². The molecule has 2 N–H and O–H groups in total. The van der Waals surface area contributed by atoms with Crippen molar-refractivity contribution in [3.8, 4) is 0 Å². The lowest BCUT2D eigenvalue weighted by Crippen LogP contribution is -2.50. The van der Waals surface area contributed by atoms with Gasteiger partial charge in [0.25, 0.3) is 0 Å². The van der Waals surface area contributed by atoms with Crippen LogP contribution in [0, 0.1) is 46.5 Å². The van der Waals surface area contributed by atoms with Crippen molar-refractivity contribution in [1.29, 1.82) is 0 Å². The van der Waals surface area contributed by atoms with Crippen molar-refractivity contribution in [3.05, 3.63) is 70.8 Å². The second-order valence-corrected chi connectivity index (χ2v) is 6.61. The first kappa shape index (κ1) is 26.9. The van der Waals surface area contributed by atoms with Crippen LogP contribution in [0.25, 0.3) is 12.2 Å². The van der Waals surface area contributed by atoms with Gasteiger partial charge in [0, 0.05) is 0 Å². The molecule has 0 aromatic heterocycles. The average Bonchev–Trinajstić information content (AvgIpc) is 2.77. The Bertz CT molecular complexity index is 996. The minimum absolute atomic E-state index is 0.376. The van der Waals surface area contributed by atoms with Crippen LogP contribution < -0.4 is 10.6 Å². The molecule has 0 atom stereocenters. The Morgan fingerprint density at radius 3 is 0.941 bits per heavy atom. The molecule has 0 aliphatic heterocycles. The van der Waals surface area contributed by atoms with Gasteiger partial charge >= 0.3 is 11.8 Å². The lowest BCUT2D eigenvalue weighted by atomic mass is 10.1. The number of nitrogens with one attached hydrogen (secondary N) is 2. The first-order valence-electron chi connectivity index (χ1n) is 8.83. The van der Waals surface area contributed by atoms with E-state index in [1.165, 1.54) is 0 Å². The largest absolute Gasteiger partial charge is 0.374 e. The molecule has 0 bridgehead atoms. The Morgan fingerprint density at radius 1 is 0.500 bits per heavy atom. The van der Waals surface area contributed by atoms with Crippen molar-refractivity contribution in [2.24, 2.45) is 0 Å². The average molecular weight is 508 g/mol. The summed E-state index contributed by atoms with van der Waals surface area (Å²) in [5, 5.41) is 2.23. The second-order valence-electron chi connectivity index (χ2n) is 6.61. The first-order chi connectivity index (χ1) is 15.6. The van der Waals surface area contributed by atoms with Crippen LogP contribution in [-0.2, 0) is 0 Å². The van der Waals surface area contributed by atoms with Gasteiger partial charge < -0.3 is 10.6 Å². The molecule has 186 valence electrons. The quantitative estimate of drug-likeness (QED) is 0.285. The molecule has 0 saturated heterocycles. The summed E-state index contributed by atoms with van der Waals surface area (Å²) in [6, 6.07) is 0. The van der Waals surface area contributed by atoms with Crippen molar-refractivity contribution in [2.75, 3.05) is 23.7 Å². The molecular weight excluding hydrogens is 496 g/mol. The Balaban J connectivity index is 2.29. The summed E-state index contributed by atoms with van der Waals surface area (Å²) in [6.45, 7) is 1.13. The van der Waals surface area contributed by atoms with Crippen molar-refractivity contribution >= 4 is 23.5 Å². The number of hydrogen-bond acceptors (Lipinski definition) is 2. The third-order valence-electron chi connectivity index (χ3n) is 4.51. The number of anilines is 2. The molecule has 0 aliphatic rings. The molecular formula is C20H12F12N2. The molecule has 2 aromatic carbocycles. The topological polar surface area (TPSA) is 24.1 Å². The third-order valence-corrected chi connectivity index (χ3v) is 4.51. The Labute approximate surface area is 183 Å². The maximum atomic E-state index is 14.0. The smallest absolute Gasteiger partial charge is 0.328 e. The molecule has 14 heteroatoms. The van der Waals surface area contributed by atoms with Gasteiger partial charge in [-0.2, -0.15) is 17.6 Å². The summed E-state index contributed by atoms with van der Waals surface area (Å²) in [5.41, 5.74) is -6.25. The van der Waals surface area contributed by atoms with Crippen LogP contribution in [0.5, 0.6) is 0 Å². The molecule has 0 unspecified atom stereocenters. The van der Waals surface area contributed by atoms with E-state index < -0.39 is 94.0 Å². The molecule has 0 spiro atoms. The van der Waals surface area contributed by atoms with E-state index in [1.54, 1.807) is 0 Å². The van der Waals surface area contributed by atoms with Crippen LogP contribution in [-0.4, -0.2) is 24.9 Å². The number of rotatable bonds is 9. The molecule has 2 rings (SSSR count). The van der Waals surface area contributed by atoms with Gasteiger partial charge in [-0.15, -0.1) is 0 Å². The van der Waals surface area contributed by atoms with Gasteiger partial charge in [0.15, 0.2) is 46.5 Å². The van der Waals surface area contributed by atoms with Gasteiger partial charge in [0.05, 0.1) is 24.2 Å². The fourth-order valence-corrected chi connectivity index (χ4v) is 2.62. The van der Waals surface area contributed by atoms with E-state index in [2.05, 4.69) is 13.2 Å². The summed E-state index contributed by atoms with van der Waals surface area (Å²) in [6.07, 6.45) is 0.751. The van der Waals surface area contributed by atoms with E-state index in [4.69, 9.17) is 0 Å². The molecule has 0 aliphatic carbocycles. The van der Waals surface area contributed by atoms with Gasteiger partial charge in [-0.05, 0) is 0 Å². The zero-order chi connectivity index (χ0) is 26.2. The maximum absolute atomic E-state index is 14.0. The SMILES string of the molecule is C=Cc1c(F)c(F)c(NCC(F)(F)C(F)(F)CNc2c(F)c(F)c(C=C)c(F)c2F)c(F)c1F. The van der Waals surface area contributed by atoms with Crippen LogP contribution >= 0.6 is 0 Å². The number of alkyl halides is 4. The predicted molar refractivity (Wildman–Crippen MR) is 99.6 cm³/mol. The zero-order valence-electron chi connectivity index (χ0n) is 16.5. The van der Waals surface area contributed by atoms with E-state index in [1.807, 2.05) is 0 Å². The molecule has 0 radical (unpaired) electrons. The summed E-state index contributed by atoms with van der Waals surface area (Å²) in [4.78, 5) is 0. The zero-order valence-corrected chi connectivity index (χ0v) is 16.5. The monoisotopic (exact) mass is 508 g/mol. The Hall–Kier alpha value is -3.32. The lowest BCUT2D eigenvalue weighted by Gasteiger charge is -2.28. The van der Waals surface area contributed by atoms with Gasteiger partial charge in [0.2, 0.25) is 0 Å². The highest BCUT2D eigenvalue weighted by molar-refractivity contribution is 5.59. The van der Waals surface area contributed by atoms with E-state index in [9.17, 15) is 52.7 Å². The van der Waals surface area contributed by atoms with Gasteiger partial charge in [-0.1, -0.05) is 25.3 Å². The summed E-state index contributed by atoms with van der Waals surface area (Å²) in [5.74, 6) is -27.6. The van der Waals surface area contributed by atoms with Gasteiger partial charge in [0.1, 0.15) is 11.4 Å². The highest BCUT2D eigenvalue weighted by Gasteiger charge is 2.56. The molecule has 2 nitrogen and oxygen atoms in total. The fourth-order valence-electron chi connectivity index (χ4n) is 2.62. The van der Waals surface area contributed by atoms with Crippen LogP contribution in [0.1, 0.15) is 11.1 Å². The molecule has 0 fully saturated rings. The normalized spacial score (nSPS) is 12.0. The molecule has 34 heavy (non-hydrogen) atoms. The highest BCUT2D eigenvalue weighted by Crippen LogP contribution is 2.37. The van der Waals surface area contributed by atoms with Crippen LogP contribution in [0.3, 0.4) is 0 Å². The molecule has 0 saturated carbocycles. The minimum Gasteiger partial charge on any atom is -0.374 e.